The fourth-order valence-electron chi connectivity index (χ4n) is 7.27. The number of amidine groups is 1. The van der Waals surface area contributed by atoms with Gasteiger partial charge in [-0.25, -0.2) is 4.58 Å². The highest BCUT2D eigenvalue weighted by Crippen LogP contribution is 2.16. The standard InChI is InChI=1S/C42H83N3O/c1-4-6-8-10-12-14-16-18-20-22-24-26-28-30-32-34-36-41-43-38-39-45(41)40(3)44-42(46)37-35-33-31-29-27-25-23-21-19-17-15-13-11-9-7-5-2/h40H,4-39H2,1-3H3,(H,44,46)/p+1. The molecule has 1 aliphatic rings. The van der Waals surface area contributed by atoms with Crippen LogP contribution in [0.15, 0.2) is 0 Å². The minimum atomic E-state index is 0.0969. The van der Waals surface area contributed by atoms with Gasteiger partial charge in [-0.15, -0.1) is 0 Å². The van der Waals surface area contributed by atoms with Gasteiger partial charge in [-0.3, -0.25) is 10.1 Å². The summed E-state index contributed by atoms with van der Waals surface area (Å²) in [6.07, 6.45) is 46.4. The van der Waals surface area contributed by atoms with Crippen LogP contribution in [-0.4, -0.2) is 35.6 Å². The average molecular weight is 647 g/mol. The lowest BCUT2D eigenvalue weighted by atomic mass is 10.0. The first-order valence-electron chi connectivity index (χ1n) is 21.3. The molecule has 0 radical (unpaired) electrons. The zero-order valence-electron chi connectivity index (χ0n) is 31.9. The fraction of sp³-hybridized carbons (Fsp3) is 0.952. The Balaban J connectivity index is 1.93. The Labute approximate surface area is 289 Å². The summed E-state index contributed by atoms with van der Waals surface area (Å²) in [5.41, 5.74) is 0. The molecule has 1 rings (SSSR count). The van der Waals surface area contributed by atoms with Gasteiger partial charge in [-0.05, 0) is 19.8 Å². The van der Waals surface area contributed by atoms with Crippen molar-refractivity contribution in [3.8, 4) is 0 Å². The third-order valence-corrected chi connectivity index (χ3v) is 10.4. The smallest absolute Gasteiger partial charge is 0.246 e. The lowest BCUT2D eigenvalue weighted by molar-refractivity contribution is -0.558. The van der Waals surface area contributed by atoms with E-state index in [1.54, 1.807) is 0 Å². The zero-order valence-corrected chi connectivity index (χ0v) is 31.9. The van der Waals surface area contributed by atoms with Crippen molar-refractivity contribution in [1.82, 2.24) is 10.6 Å². The maximum absolute atomic E-state index is 12.6. The molecule has 4 nitrogen and oxygen atoms in total. The van der Waals surface area contributed by atoms with E-state index in [-0.39, 0.29) is 12.1 Å². The molecule has 4 heteroatoms. The van der Waals surface area contributed by atoms with Gasteiger partial charge in [0.1, 0.15) is 13.1 Å². The van der Waals surface area contributed by atoms with E-state index < -0.39 is 0 Å². The number of amides is 1. The molecule has 0 aromatic rings. The van der Waals surface area contributed by atoms with E-state index in [1.165, 1.54) is 205 Å². The largest absolute Gasteiger partial charge is 0.318 e. The van der Waals surface area contributed by atoms with Crippen molar-refractivity contribution in [1.29, 1.82) is 0 Å². The molecule has 0 bridgehead atoms. The van der Waals surface area contributed by atoms with Gasteiger partial charge >= 0.3 is 0 Å². The molecule has 1 heterocycles. The van der Waals surface area contributed by atoms with Crippen molar-refractivity contribution in [2.75, 3.05) is 13.1 Å². The molecule has 272 valence electrons. The van der Waals surface area contributed by atoms with Gasteiger partial charge < -0.3 is 5.32 Å². The number of carbonyl (C=O) groups excluding carboxylic acids is 1. The van der Waals surface area contributed by atoms with Crippen LogP contribution in [0, 0.1) is 0 Å². The monoisotopic (exact) mass is 647 g/mol. The normalized spacial score (nSPS) is 13.8. The van der Waals surface area contributed by atoms with Gasteiger partial charge in [0, 0.05) is 12.8 Å². The summed E-state index contributed by atoms with van der Waals surface area (Å²) in [7, 11) is 0. The molecule has 0 saturated carbocycles. The van der Waals surface area contributed by atoms with E-state index in [0.717, 1.165) is 25.9 Å². The van der Waals surface area contributed by atoms with Gasteiger partial charge in [0.15, 0.2) is 6.17 Å². The number of nitrogens with zero attached hydrogens (tertiary/aromatic N) is 1. The molecule has 0 aromatic heterocycles. The van der Waals surface area contributed by atoms with Gasteiger partial charge in [-0.1, -0.05) is 206 Å². The highest BCUT2D eigenvalue weighted by Gasteiger charge is 2.25. The van der Waals surface area contributed by atoms with Crippen LogP contribution in [-0.2, 0) is 4.79 Å². The Bertz CT molecular complexity index is 690. The summed E-state index contributed by atoms with van der Waals surface area (Å²) >= 11 is 0. The lowest BCUT2D eigenvalue weighted by Gasteiger charge is -2.15. The number of rotatable bonds is 36. The van der Waals surface area contributed by atoms with E-state index in [0.29, 0.717) is 6.42 Å². The van der Waals surface area contributed by atoms with Crippen LogP contribution in [0.2, 0.25) is 0 Å². The first-order valence-corrected chi connectivity index (χ1v) is 21.3. The van der Waals surface area contributed by atoms with Gasteiger partial charge in [0.25, 0.3) is 0 Å². The Morgan fingerprint density at radius 3 is 1.24 bits per heavy atom. The molecule has 1 amide bonds. The Morgan fingerprint density at radius 1 is 0.543 bits per heavy atom. The highest BCUT2D eigenvalue weighted by atomic mass is 16.1. The molecule has 1 aliphatic heterocycles. The third-order valence-electron chi connectivity index (χ3n) is 10.4. The minimum Gasteiger partial charge on any atom is -0.318 e. The molecule has 0 aromatic carbocycles. The number of unbranched alkanes of at least 4 members (excludes halogenated alkanes) is 30. The summed E-state index contributed by atoms with van der Waals surface area (Å²) in [5.74, 6) is 1.58. The minimum absolute atomic E-state index is 0.0969. The van der Waals surface area contributed by atoms with Crippen LogP contribution in [0.1, 0.15) is 239 Å². The highest BCUT2D eigenvalue weighted by molar-refractivity contribution is 5.79. The van der Waals surface area contributed by atoms with Crippen molar-refractivity contribution >= 4 is 11.7 Å². The van der Waals surface area contributed by atoms with Crippen LogP contribution in [0.3, 0.4) is 0 Å². The van der Waals surface area contributed by atoms with E-state index in [2.05, 4.69) is 36.0 Å². The van der Waals surface area contributed by atoms with Crippen molar-refractivity contribution < 1.29 is 9.37 Å². The van der Waals surface area contributed by atoms with Crippen LogP contribution in [0.5, 0.6) is 0 Å². The molecule has 0 aliphatic carbocycles. The first kappa shape index (κ1) is 43.0. The lowest BCUT2D eigenvalue weighted by Crippen LogP contribution is -2.42. The van der Waals surface area contributed by atoms with Crippen LogP contribution >= 0.6 is 0 Å². The third kappa shape index (κ3) is 26.9. The summed E-state index contributed by atoms with van der Waals surface area (Å²) in [4.78, 5) is 12.6. The number of hydrogen-bond acceptors (Lipinski definition) is 2. The number of nitrogens with one attached hydrogen (secondary N) is 2. The zero-order chi connectivity index (χ0) is 33.2. The summed E-state index contributed by atoms with van der Waals surface area (Å²) < 4.78 is 2.40. The molecule has 0 spiro atoms. The van der Waals surface area contributed by atoms with Crippen molar-refractivity contribution in [2.24, 2.45) is 0 Å². The predicted octanol–water partition coefficient (Wildman–Crippen LogP) is 12.8. The molecular weight excluding hydrogens is 562 g/mol. The molecular formula is C42H84N3O+. The molecule has 0 saturated heterocycles. The second-order valence-corrected chi connectivity index (χ2v) is 14.9. The molecule has 1 atom stereocenters. The van der Waals surface area contributed by atoms with Crippen molar-refractivity contribution in [2.45, 2.75) is 245 Å². The SMILES string of the molecule is CCCCCCCCCCCCCCCCCCC(=O)NC(C)[N+]1=C(CCCCCCCCCCCCCCCCCC)NCC1. The molecule has 1 unspecified atom stereocenters. The van der Waals surface area contributed by atoms with Crippen LogP contribution in [0.25, 0.3) is 0 Å². The first-order chi connectivity index (χ1) is 22.7. The van der Waals surface area contributed by atoms with Crippen LogP contribution in [0.4, 0.5) is 0 Å². The fourth-order valence-corrected chi connectivity index (χ4v) is 7.27. The van der Waals surface area contributed by atoms with E-state index in [4.69, 9.17) is 0 Å². The second kappa shape index (κ2) is 33.8. The summed E-state index contributed by atoms with van der Waals surface area (Å²) in [6, 6.07) is 0. The van der Waals surface area contributed by atoms with E-state index in [9.17, 15) is 4.79 Å². The van der Waals surface area contributed by atoms with E-state index >= 15 is 0 Å². The second-order valence-electron chi connectivity index (χ2n) is 14.9. The maximum atomic E-state index is 12.6. The summed E-state index contributed by atoms with van der Waals surface area (Å²) in [6.45, 7) is 8.77. The Kier molecular flexibility index (Phi) is 31.6. The van der Waals surface area contributed by atoms with Crippen molar-refractivity contribution in [3.63, 3.8) is 0 Å². The predicted molar refractivity (Wildman–Crippen MR) is 204 cm³/mol. The molecule has 0 fully saturated rings. The van der Waals surface area contributed by atoms with Gasteiger partial charge in [0.2, 0.25) is 11.7 Å². The summed E-state index contributed by atoms with van der Waals surface area (Å²) in [5, 5.41) is 6.89. The topological polar surface area (TPSA) is 44.1 Å². The Hall–Kier alpha value is -1.06. The van der Waals surface area contributed by atoms with Crippen LogP contribution < -0.4 is 10.6 Å². The maximum Gasteiger partial charge on any atom is 0.246 e. The van der Waals surface area contributed by atoms with Crippen molar-refractivity contribution in [3.05, 3.63) is 0 Å². The number of hydrogen-bond donors (Lipinski definition) is 2. The average Bonchev–Trinajstić information content (AvgIpc) is 3.53. The quantitative estimate of drug-likeness (QED) is 0.0525. The van der Waals surface area contributed by atoms with Gasteiger partial charge in [0.05, 0.1) is 0 Å². The Morgan fingerprint density at radius 2 is 0.870 bits per heavy atom. The van der Waals surface area contributed by atoms with Gasteiger partial charge in [-0.2, -0.15) is 0 Å². The number of carbonyl (C=O) groups is 1. The molecule has 2 N–H and O–H groups in total. The molecule has 46 heavy (non-hydrogen) atoms. The van der Waals surface area contributed by atoms with E-state index in [1.807, 2.05) is 0 Å².